The summed E-state index contributed by atoms with van der Waals surface area (Å²) in [5.41, 5.74) is 1.37. The number of rotatable bonds is 6. The first-order chi connectivity index (χ1) is 8.38. The van der Waals surface area contributed by atoms with E-state index in [0.717, 1.165) is 24.6 Å². The van der Waals surface area contributed by atoms with Crippen LogP contribution < -0.4 is 10.1 Å². The molecule has 1 saturated heterocycles. The van der Waals surface area contributed by atoms with Crippen molar-refractivity contribution < 1.29 is 4.74 Å². The lowest BCUT2D eigenvalue weighted by Crippen LogP contribution is -2.24. The molecule has 1 unspecified atom stereocenters. The van der Waals surface area contributed by atoms with Crippen LogP contribution in [-0.4, -0.2) is 31.7 Å². The Morgan fingerprint density at radius 3 is 2.82 bits per heavy atom. The third kappa shape index (κ3) is 4.25. The molecule has 1 heterocycles. The van der Waals surface area contributed by atoms with Crippen molar-refractivity contribution in [2.24, 2.45) is 5.92 Å². The Balaban J connectivity index is 1.63. The van der Waals surface area contributed by atoms with E-state index in [1.54, 1.807) is 7.11 Å². The van der Waals surface area contributed by atoms with Crippen molar-refractivity contribution >= 4 is 11.8 Å². The predicted molar refractivity (Wildman–Crippen MR) is 75.0 cm³/mol. The quantitative estimate of drug-likeness (QED) is 0.785. The van der Waals surface area contributed by atoms with Crippen molar-refractivity contribution in [3.05, 3.63) is 29.8 Å². The van der Waals surface area contributed by atoms with Gasteiger partial charge in [-0.2, -0.15) is 11.8 Å². The van der Waals surface area contributed by atoms with Crippen LogP contribution in [0.2, 0.25) is 0 Å². The summed E-state index contributed by atoms with van der Waals surface area (Å²) < 4.78 is 5.14. The molecule has 0 amide bonds. The van der Waals surface area contributed by atoms with Crippen molar-refractivity contribution in [3.8, 4) is 5.75 Å². The number of benzene rings is 1. The minimum Gasteiger partial charge on any atom is -0.497 e. The molecule has 1 fully saturated rings. The van der Waals surface area contributed by atoms with Gasteiger partial charge in [0, 0.05) is 0 Å². The molecule has 0 radical (unpaired) electrons. The van der Waals surface area contributed by atoms with Crippen LogP contribution in [0.1, 0.15) is 12.0 Å². The van der Waals surface area contributed by atoms with E-state index in [9.17, 15) is 0 Å². The minimum absolute atomic E-state index is 0.899. The average molecular weight is 251 g/mol. The maximum Gasteiger partial charge on any atom is 0.118 e. The largest absolute Gasteiger partial charge is 0.497 e. The van der Waals surface area contributed by atoms with Crippen molar-refractivity contribution in [2.75, 3.05) is 31.7 Å². The van der Waals surface area contributed by atoms with Crippen LogP contribution in [0.4, 0.5) is 0 Å². The number of hydrogen-bond acceptors (Lipinski definition) is 3. The lowest BCUT2D eigenvalue weighted by atomic mass is 10.1. The fourth-order valence-corrected chi connectivity index (χ4v) is 3.36. The highest BCUT2D eigenvalue weighted by Crippen LogP contribution is 2.22. The normalized spacial score (nSPS) is 19.5. The van der Waals surface area contributed by atoms with Gasteiger partial charge in [0.2, 0.25) is 0 Å². The number of methoxy groups -OCH3 is 1. The van der Waals surface area contributed by atoms with Gasteiger partial charge in [-0.05, 0) is 61.1 Å². The lowest BCUT2D eigenvalue weighted by Gasteiger charge is -2.10. The number of thioether (sulfide) groups is 1. The van der Waals surface area contributed by atoms with Gasteiger partial charge >= 0.3 is 0 Å². The molecule has 0 aromatic heterocycles. The summed E-state index contributed by atoms with van der Waals surface area (Å²) in [6, 6.07) is 8.35. The van der Waals surface area contributed by atoms with Crippen molar-refractivity contribution in [1.29, 1.82) is 0 Å². The van der Waals surface area contributed by atoms with Gasteiger partial charge in [-0.25, -0.2) is 0 Å². The van der Waals surface area contributed by atoms with Crippen LogP contribution in [0.25, 0.3) is 0 Å². The predicted octanol–water partition coefficient (Wildman–Crippen LogP) is 2.58. The first-order valence-electron chi connectivity index (χ1n) is 6.30. The van der Waals surface area contributed by atoms with Crippen molar-refractivity contribution in [2.45, 2.75) is 12.8 Å². The number of hydrogen-bond donors (Lipinski definition) is 1. The lowest BCUT2D eigenvalue weighted by molar-refractivity contribution is 0.414. The Bertz CT molecular complexity index is 319. The molecule has 3 heteroatoms. The zero-order chi connectivity index (χ0) is 11.9. The highest BCUT2D eigenvalue weighted by molar-refractivity contribution is 7.99. The van der Waals surface area contributed by atoms with E-state index < -0.39 is 0 Å². The Kier molecular flexibility index (Phi) is 5.20. The summed E-state index contributed by atoms with van der Waals surface area (Å²) in [5.74, 6) is 4.53. The van der Waals surface area contributed by atoms with Gasteiger partial charge in [0.25, 0.3) is 0 Å². The molecule has 2 rings (SSSR count). The average Bonchev–Trinajstić information content (AvgIpc) is 2.88. The van der Waals surface area contributed by atoms with Gasteiger partial charge in [0.15, 0.2) is 0 Å². The molecule has 0 spiro atoms. The number of nitrogens with one attached hydrogen (secondary N) is 1. The monoisotopic (exact) mass is 251 g/mol. The molecule has 1 aromatic rings. The first kappa shape index (κ1) is 12.8. The second-order valence-electron chi connectivity index (χ2n) is 4.53. The first-order valence-corrected chi connectivity index (χ1v) is 7.45. The van der Waals surface area contributed by atoms with Crippen LogP contribution in [-0.2, 0) is 6.42 Å². The Morgan fingerprint density at radius 1 is 1.35 bits per heavy atom. The third-order valence-electron chi connectivity index (χ3n) is 3.21. The molecule has 2 nitrogen and oxygen atoms in total. The maximum absolute atomic E-state index is 5.14. The second-order valence-corrected chi connectivity index (χ2v) is 5.68. The summed E-state index contributed by atoms with van der Waals surface area (Å²) in [7, 11) is 1.70. The van der Waals surface area contributed by atoms with E-state index in [-0.39, 0.29) is 0 Å². The van der Waals surface area contributed by atoms with Gasteiger partial charge in [-0.1, -0.05) is 12.1 Å². The minimum atomic E-state index is 0.899. The highest BCUT2D eigenvalue weighted by atomic mass is 32.2. The van der Waals surface area contributed by atoms with Crippen LogP contribution in [0.3, 0.4) is 0 Å². The fourth-order valence-electron chi connectivity index (χ4n) is 2.08. The Hall–Kier alpha value is -0.670. The molecular formula is C14H21NOS. The molecule has 0 saturated carbocycles. The summed E-state index contributed by atoms with van der Waals surface area (Å²) in [5, 5.41) is 3.56. The highest BCUT2D eigenvalue weighted by Gasteiger charge is 2.14. The molecule has 1 aliphatic rings. The Labute approximate surface area is 108 Å². The van der Waals surface area contributed by atoms with Crippen molar-refractivity contribution in [1.82, 2.24) is 5.32 Å². The summed E-state index contributed by atoms with van der Waals surface area (Å²) in [4.78, 5) is 0. The molecule has 0 aliphatic carbocycles. The molecule has 17 heavy (non-hydrogen) atoms. The fraction of sp³-hybridized carbons (Fsp3) is 0.571. The van der Waals surface area contributed by atoms with Gasteiger partial charge in [0.05, 0.1) is 7.11 Å². The summed E-state index contributed by atoms with van der Waals surface area (Å²) in [6.45, 7) is 2.26. The van der Waals surface area contributed by atoms with Crippen molar-refractivity contribution in [3.63, 3.8) is 0 Å². The second kappa shape index (κ2) is 6.92. The molecule has 1 N–H and O–H groups in total. The summed E-state index contributed by atoms with van der Waals surface area (Å²) in [6.07, 6.45) is 2.49. The zero-order valence-corrected chi connectivity index (χ0v) is 11.3. The smallest absolute Gasteiger partial charge is 0.118 e. The van der Waals surface area contributed by atoms with E-state index in [1.807, 2.05) is 12.1 Å². The van der Waals surface area contributed by atoms with E-state index in [2.05, 4.69) is 29.2 Å². The van der Waals surface area contributed by atoms with E-state index in [0.29, 0.717) is 0 Å². The molecule has 1 atom stereocenters. The van der Waals surface area contributed by atoms with Crippen LogP contribution >= 0.6 is 11.8 Å². The van der Waals surface area contributed by atoms with Gasteiger partial charge < -0.3 is 10.1 Å². The molecule has 0 bridgehead atoms. The van der Waals surface area contributed by atoms with E-state index in [1.165, 1.54) is 30.0 Å². The summed E-state index contributed by atoms with van der Waals surface area (Å²) >= 11 is 2.09. The van der Waals surface area contributed by atoms with Gasteiger partial charge in [0.1, 0.15) is 5.75 Å². The molecule has 1 aromatic carbocycles. The van der Waals surface area contributed by atoms with E-state index in [4.69, 9.17) is 4.74 Å². The number of ether oxygens (including phenoxy) is 1. The van der Waals surface area contributed by atoms with Crippen LogP contribution in [0.15, 0.2) is 24.3 Å². The molecule has 1 aliphatic heterocycles. The SMILES string of the molecule is COc1ccc(CCNCC2CCSC2)cc1. The van der Waals surface area contributed by atoms with Crippen LogP contribution in [0.5, 0.6) is 5.75 Å². The Morgan fingerprint density at radius 2 is 2.18 bits per heavy atom. The third-order valence-corrected chi connectivity index (χ3v) is 4.44. The maximum atomic E-state index is 5.14. The van der Waals surface area contributed by atoms with Crippen LogP contribution in [0, 0.1) is 5.92 Å². The molecule has 94 valence electrons. The standard InChI is InChI=1S/C14H21NOS/c1-16-14-4-2-12(3-5-14)6-8-15-10-13-7-9-17-11-13/h2-5,13,15H,6-11H2,1H3. The topological polar surface area (TPSA) is 21.3 Å². The van der Waals surface area contributed by atoms with Gasteiger partial charge in [-0.15, -0.1) is 0 Å². The molecular weight excluding hydrogens is 230 g/mol. The zero-order valence-electron chi connectivity index (χ0n) is 10.4. The van der Waals surface area contributed by atoms with Gasteiger partial charge in [-0.3, -0.25) is 0 Å². The van der Waals surface area contributed by atoms with E-state index >= 15 is 0 Å².